The van der Waals surface area contributed by atoms with E-state index in [1.54, 1.807) is 23.1 Å². The van der Waals surface area contributed by atoms with E-state index in [1.807, 2.05) is 6.20 Å². The highest BCUT2D eigenvalue weighted by Crippen LogP contribution is 2.29. The molecule has 0 amide bonds. The first-order chi connectivity index (χ1) is 10.4. The Kier molecular flexibility index (Phi) is 7.86. The molecule has 120 valence electrons. The standard InChI is InChI=1S/C10H14N2S2.C4H4O4/c1-12-5-3-4-8(7-12)10-11-6-9(13-2)14-10;5-3(6)1-2-4(7)8/h4,6H,3,5,7H2,1-2H3;1-2H,(H,5,6)(H,7,8)/b;2-1+. The van der Waals surface area contributed by atoms with Crippen LogP contribution >= 0.6 is 23.1 Å². The molecule has 0 bridgehead atoms. The summed E-state index contributed by atoms with van der Waals surface area (Å²) in [7, 11) is 2.16. The molecule has 2 heterocycles. The van der Waals surface area contributed by atoms with Crippen LogP contribution in [0.4, 0.5) is 0 Å². The normalized spacial score (nSPS) is 15.1. The number of hydrogen-bond donors (Lipinski definition) is 2. The molecule has 22 heavy (non-hydrogen) atoms. The van der Waals surface area contributed by atoms with E-state index in [0.29, 0.717) is 12.2 Å². The van der Waals surface area contributed by atoms with Crippen molar-refractivity contribution in [2.24, 2.45) is 0 Å². The summed E-state index contributed by atoms with van der Waals surface area (Å²) < 4.78 is 1.30. The minimum absolute atomic E-state index is 0.558. The lowest BCUT2D eigenvalue weighted by molar-refractivity contribution is -0.134. The molecule has 1 aliphatic rings. The van der Waals surface area contributed by atoms with E-state index in [2.05, 4.69) is 29.3 Å². The van der Waals surface area contributed by atoms with Crippen molar-refractivity contribution in [2.75, 3.05) is 26.4 Å². The zero-order valence-corrected chi connectivity index (χ0v) is 14.0. The second-order valence-electron chi connectivity index (χ2n) is 4.45. The van der Waals surface area contributed by atoms with Gasteiger partial charge in [0.1, 0.15) is 5.01 Å². The maximum Gasteiger partial charge on any atom is 0.328 e. The topological polar surface area (TPSA) is 90.7 Å². The quantitative estimate of drug-likeness (QED) is 0.641. The molecule has 6 nitrogen and oxygen atoms in total. The zero-order chi connectivity index (χ0) is 16.5. The van der Waals surface area contributed by atoms with Crippen molar-refractivity contribution in [3.63, 3.8) is 0 Å². The molecule has 0 spiro atoms. The third-order valence-corrected chi connectivity index (χ3v) is 4.80. The van der Waals surface area contributed by atoms with Crippen LogP contribution in [0.5, 0.6) is 0 Å². The lowest BCUT2D eigenvalue weighted by Gasteiger charge is -2.21. The van der Waals surface area contributed by atoms with Gasteiger partial charge in [0.15, 0.2) is 0 Å². The molecular formula is C14H18N2O4S2. The summed E-state index contributed by atoms with van der Waals surface area (Å²) in [4.78, 5) is 25.9. The van der Waals surface area contributed by atoms with Gasteiger partial charge in [-0.2, -0.15) is 0 Å². The van der Waals surface area contributed by atoms with E-state index in [9.17, 15) is 9.59 Å². The number of thioether (sulfide) groups is 1. The average Bonchev–Trinajstić information content (AvgIpc) is 2.95. The van der Waals surface area contributed by atoms with Crippen LogP contribution < -0.4 is 0 Å². The molecule has 0 aromatic carbocycles. The van der Waals surface area contributed by atoms with E-state index in [-0.39, 0.29) is 0 Å². The van der Waals surface area contributed by atoms with E-state index in [1.165, 1.54) is 21.3 Å². The summed E-state index contributed by atoms with van der Waals surface area (Å²) in [5, 5.41) is 16.8. The van der Waals surface area contributed by atoms with Crippen molar-refractivity contribution in [1.29, 1.82) is 0 Å². The Morgan fingerprint density at radius 1 is 1.36 bits per heavy atom. The number of aromatic nitrogens is 1. The van der Waals surface area contributed by atoms with Crippen molar-refractivity contribution < 1.29 is 19.8 Å². The molecule has 2 N–H and O–H groups in total. The molecule has 0 aliphatic carbocycles. The first-order valence-electron chi connectivity index (χ1n) is 6.44. The van der Waals surface area contributed by atoms with Crippen molar-refractivity contribution in [1.82, 2.24) is 9.88 Å². The van der Waals surface area contributed by atoms with Crippen LogP contribution in [0.25, 0.3) is 5.57 Å². The van der Waals surface area contributed by atoms with Crippen molar-refractivity contribution in [3.8, 4) is 0 Å². The molecule has 0 unspecified atom stereocenters. The van der Waals surface area contributed by atoms with Crippen molar-refractivity contribution in [3.05, 3.63) is 29.4 Å². The van der Waals surface area contributed by atoms with Gasteiger partial charge in [0.2, 0.25) is 0 Å². The Morgan fingerprint density at radius 2 is 2.00 bits per heavy atom. The summed E-state index contributed by atoms with van der Waals surface area (Å²) in [6.45, 7) is 2.21. The Hall–Kier alpha value is -1.64. The maximum absolute atomic E-state index is 9.55. The second kappa shape index (κ2) is 9.39. The molecule has 1 aromatic heterocycles. The molecule has 0 atom stereocenters. The summed E-state index contributed by atoms with van der Waals surface area (Å²) in [5.74, 6) is -2.51. The summed E-state index contributed by atoms with van der Waals surface area (Å²) in [6.07, 6.45) is 8.66. The number of carboxylic acid groups (broad SMARTS) is 2. The Balaban J connectivity index is 0.000000261. The monoisotopic (exact) mass is 342 g/mol. The fraction of sp³-hybridized carbons (Fsp3) is 0.357. The fourth-order valence-corrected chi connectivity index (χ4v) is 3.10. The van der Waals surface area contributed by atoms with Gasteiger partial charge in [-0.1, -0.05) is 6.08 Å². The van der Waals surface area contributed by atoms with Gasteiger partial charge in [-0.3, -0.25) is 0 Å². The SMILES string of the molecule is CSc1cnc(C2=CCCN(C)C2)s1.O=C(O)/C=C/C(=O)O. The van der Waals surface area contributed by atoms with E-state index >= 15 is 0 Å². The first kappa shape index (κ1) is 18.4. The van der Waals surface area contributed by atoms with Gasteiger partial charge in [-0.05, 0) is 25.3 Å². The Morgan fingerprint density at radius 3 is 2.45 bits per heavy atom. The van der Waals surface area contributed by atoms with Crippen molar-refractivity contribution in [2.45, 2.75) is 10.6 Å². The van der Waals surface area contributed by atoms with Gasteiger partial charge in [-0.15, -0.1) is 23.1 Å². The summed E-state index contributed by atoms with van der Waals surface area (Å²) in [6, 6.07) is 0. The van der Waals surface area contributed by atoms with Crippen LogP contribution in [0.15, 0.2) is 28.6 Å². The Bertz CT molecular complexity index is 565. The van der Waals surface area contributed by atoms with Crippen molar-refractivity contribution >= 4 is 40.6 Å². The number of carbonyl (C=O) groups is 2. The number of nitrogens with zero attached hydrogens (tertiary/aromatic N) is 2. The van der Waals surface area contributed by atoms with Crippen LogP contribution in [0, 0.1) is 0 Å². The molecule has 8 heteroatoms. The van der Waals surface area contributed by atoms with Crippen LogP contribution in [0.3, 0.4) is 0 Å². The molecule has 0 saturated heterocycles. The van der Waals surface area contributed by atoms with Gasteiger partial charge in [0.05, 0.1) is 10.4 Å². The molecule has 1 aromatic rings. The molecule has 1 aliphatic heterocycles. The number of rotatable bonds is 4. The minimum atomic E-state index is -1.26. The molecule has 0 fully saturated rings. The van der Waals surface area contributed by atoms with Gasteiger partial charge < -0.3 is 15.1 Å². The highest BCUT2D eigenvalue weighted by molar-refractivity contribution is 8.00. The van der Waals surface area contributed by atoms with Gasteiger partial charge in [-0.25, -0.2) is 14.6 Å². The predicted molar refractivity (Wildman–Crippen MR) is 88.4 cm³/mol. The number of carboxylic acids is 2. The van der Waals surface area contributed by atoms with E-state index in [4.69, 9.17) is 10.2 Å². The average molecular weight is 342 g/mol. The lowest BCUT2D eigenvalue weighted by atomic mass is 10.1. The Labute approximate surface area is 137 Å². The fourth-order valence-electron chi connectivity index (χ4n) is 1.69. The van der Waals surface area contributed by atoms with E-state index in [0.717, 1.165) is 13.0 Å². The van der Waals surface area contributed by atoms with Gasteiger partial charge in [0.25, 0.3) is 0 Å². The molecule has 0 radical (unpaired) electrons. The summed E-state index contributed by atoms with van der Waals surface area (Å²) >= 11 is 3.57. The predicted octanol–water partition coefficient (Wildman–Crippen LogP) is 2.30. The second-order valence-corrected chi connectivity index (χ2v) is 6.59. The smallest absolute Gasteiger partial charge is 0.328 e. The molecule has 0 saturated carbocycles. The number of aliphatic carboxylic acids is 2. The van der Waals surface area contributed by atoms with Crippen LogP contribution in [-0.4, -0.2) is 58.4 Å². The minimum Gasteiger partial charge on any atom is -0.478 e. The van der Waals surface area contributed by atoms with Gasteiger partial charge in [0, 0.05) is 25.2 Å². The maximum atomic E-state index is 9.55. The zero-order valence-electron chi connectivity index (χ0n) is 12.4. The first-order valence-corrected chi connectivity index (χ1v) is 8.48. The largest absolute Gasteiger partial charge is 0.478 e. The number of thiazole rings is 1. The highest BCUT2D eigenvalue weighted by atomic mass is 32.2. The molecular weight excluding hydrogens is 324 g/mol. The molecule has 2 rings (SSSR count). The highest BCUT2D eigenvalue weighted by Gasteiger charge is 2.13. The third kappa shape index (κ3) is 6.88. The number of likely N-dealkylation sites (N-methyl/N-ethyl adjacent to an activating group) is 1. The number of hydrogen-bond acceptors (Lipinski definition) is 6. The third-order valence-electron chi connectivity index (χ3n) is 2.67. The van der Waals surface area contributed by atoms with Crippen LogP contribution in [0.1, 0.15) is 11.4 Å². The van der Waals surface area contributed by atoms with Crippen LogP contribution in [-0.2, 0) is 9.59 Å². The summed E-state index contributed by atoms with van der Waals surface area (Å²) in [5.41, 5.74) is 1.39. The van der Waals surface area contributed by atoms with Gasteiger partial charge >= 0.3 is 11.9 Å². The van der Waals surface area contributed by atoms with Crippen LogP contribution in [0.2, 0.25) is 0 Å². The van der Waals surface area contributed by atoms with E-state index < -0.39 is 11.9 Å². The lowest BCUT2D eigenvalue weighted by Crippen LogP contribution is -2.24.